The van der Waals surface area contributed by atoms with Crippen LogP contribution in [0.4, 0.5) is 0 Å². The molecule has 0 unspecified atom stereocenters. The minimum Gasteiger partial charge on any atom is -0.490 e. The Morgan fingerprint density at radius 3 is 2.77 bits per heavy atom. The maximum absolute atomic E-state index is 11.9. The lowest BCUT2D eigenvalue weighted by atomic mass is 10.2. The maximum Gasteiger partial charge on any atom is 0.260 e. The number of aromatic nitrogens is 1. The number of hydrogen-bond acceptors (Lipinski definition) is 5. The van der Waals surface area contributed by atoms with Crippen LogP contribution in [-0.4, -0.2) is 29.9 Å². The van der Waals surface area contributed by atoms with Crippen molar-refractivity contribution >= 4 is 12.1 Å². The number of rotatable bonds is 9. The van der Waals surface area contributed by atoms with Crippen LogP contribution in [0.1, 0.15) is 25.8 Å². The summed E-state index contributed by atoms with van der Waals surface area (Å²) < 4.78 is 12.5. The summed E-state index contributed by atoms with van der Waals surface area (Å²) in [6, 6.07) is 10.1. The van der Waals surface area contributed by atoms with Crippen molar-refractivity contribution in [2.45, 2.75) is 26.8 Å². The van der Waals surface area contributed by atoms with Crippen LogP contribution >= 0.6 is 0 Å². The van der Waals surface area contributed by atoms with Gasteiger partial charge < -0.3 is 14.0 Å². The van der Waals surface area contributed by atoms with Gasteiger partial charge in [0.1, 0.15) is 6.54 Å². The van der Waals surface area contributed by atoms with E-state index in [1.165, 1.54) is 16.8 Å². The Bertz CT molecular complexity index is 814. The summed E-state index contributed by atoms with van der Waals surface area (Å²) in [5, 5.41) is 3.92. The molecule has 1 aromatic heterocycles. The molecular weight excluding hydrogens is 334 g/mol. The molecule has 26 heavy (non-hydrogen) atoms. The van der Waals surface area contributed by atoms with Crippen LogP contribution in [0, 0.1) is 0 Å². The van der Waals surface area contributed by atoms with Crippen molar-refractivity contribution in [2.24, 2.45) is 5.10 Å². The molecule has 0 aliphatic carbocycles. The van der Waals surface area contributed by atoms with E-state index in [9.17, 15) is 9.59 Å². The number of hydrazone groups is 1. The summed E-state index contributed by atoms with van der Waals surface area (Å²) in [7, 11) is 0. The number of pyridine rings is 1. The highest BCUT2D eigenvalue weighted by Crippen LogP contribution is 2.28. The fourth-order valence-corrected chi connectivity index (χ4v) is 2.16. The second-order valence-electron chi connectivity index (χ2n) is 5.45. The topological polar surface area (TPSA) is 81.9 Å². The zero-order chi connectivity index (χ0) is 18.8. The smallest absolute Gasteiger partial charge is 0.260 e. The third-order valence-electron chi connectivity index (χ3n) is 3.35. The van der Waals surface area contributed by atoms with Crippen LogP contribution < -0.4 is 20.5 Å². The Morgan fingerprint density at radius 1 is 1.19 bits per heavy atom. The number of nitrogens with one attached hydrogen (secondary N) is 1. The van der Waals surface area contributed by atoms with Crippen molar-refractivity contribution in [3.8, 4) is 11.5 Å². The summed E-state index contributed by atoms with van der Waals surface area (Å²) in [5.74, 6) is 0.924. The van der Waals surface area contributed by atoms with E-state index in [0.717, 1.165) is 12.0 Å². The molecule has 2 aromatic rings. The van der Waals surface area contributed by atoms with Crippen molar-refractivity contribution < 1.29 is 14.3 Å². The first-order valence-electron chi connectivity index (χ1n) is 8.51. The number of benzene rings is 1. The van der Waals surface area contributed by atoms with Crippen LogP contribution in [-0.2, 0) is 11.3 Å². The molecular formula is C19H23N3O4. The Labute approximate surface area is 152 Å². The number of carbonyl (C=O) groups is 1. The van der Waals surface area contributed by atoms with Crippen molar-refractivity contribution in [3.05, 3.63) is 58.5 Å². The predicted octanol–water partition coefficient (Wildman–Crippen LogP) is 2.19. The van der Waals surface area contributed by atoms with Gasteiger partial charge in [0.25, 0.3) is 11.5 Å². The molecule has 138 valence electrons. The number of ether oxygens (including phenoxy) is 2. The minimum absolute atomic E-state index is 0.0923. The van der Waals surface area contributed by atoms with Crippen LogP contribution in [0.25, 0.3) is 0 Å². The molecule has 0 fully saturated rings. The van der Waals surface area contributed by atoms with E-state index in [-0.39, 0.29) is 18.0 Å². The van der Waals surface area contributed by atoms with E-state index in [1.54, 1.807) is 24.4 Å². The van der Waals surface area contributed by atoms with Crippen molar-refractivity contribution in [3.63, 3.8) is 0 Å². The SMILES string of the molecule is CCCOc1ccc(/C=N\NC(=O)Cn2ccccc2=O)cc1OCC. The number of carbonyl (C=O) groups excluding carboxylic acids is 1. The molecule has 0 spiro atoms. The monoisotopic (exact) mass is 357 g/mol. The molecule has 0 atom stereocenters. The van der Waals surface area contributed by atoms with Gasteiger partial charge in [0.2, 0.25) is 0 Å². The zero-order valence-corrected chi connectivity index (χ0v) is 15.0. The highest BCUT2D eigenvalue weighted by molar-refractivity contribution is 5.83. The first kappa shape index (κ1) is 19.2. The van der Waals surface area contributed by atoms with Gasteiger partial charge in [-0.2, -0.15) is 5.10 Å². The van der Waals surface area contributed by atoms with Gasteiger partial charge in [-0.3, -0.25) is 9.59 Å². The molecule has 0 aliphatic rings. The summed E-state index contributed by atoms with van der Waals surface area (Å²) in [5.41, 5.74) is 2.92. The van der Waals surface area contributed by atoms with Gasteiger partial charge >= 0.3 is 0 Å². The molecule has 1 amide bonds. The molecule has 1 heterocycles. The van der Waals surface area contributed by atoms with Gasteiger partial charge in [0, 0.05) is 12.3 Å². The highest BCUT2D eigenvalue weighted by Gasteiger charge is 2.06. The summed E-state index contributed by atoms with van der Waals surface area (Å²) in [4.78, 5) is 23.4. The van der Waals surface area contributed by atoms with Crippen molar-refractivity contribution in [2.75, 3.05) is 13.2 Å². The molecule has 0 saturated carbocycles. The van der Waals surface area contributed by atoms with Crippen LogP contribution in [0.5, 0.6) is 11.5 Å². The Kier molecular flexibility index (Phi) is 7.42. The largest absolute Gasteiger partial charge is 0.490 e. The van der Waals surface area contributed by atoms with E-state index in [0.29, 0.717) is 24.7 Å². The zero-order valence-electron chi connectivity index (χ0n) is 15.0. The standard InChI is InChI=1S/C19H23N3O4/c1-3-11-26-16-9-8-15(12-17(16)25-4-2)13-20-21-18(23)14-22-10-6-5-7-19(22)24/h5-10,12-13H,3-4,11,14H2,1-2H3,(H,21,23)/b20-13-. The van der Waals surface area contributed by atoms with E-state index < -0.39 is 0 Å². The Morgan fingerprint density at radius 2 is 2.04 bits per heavy atom. The van der Waals surface area contributed by atoms with Crippen molar-refractivity contribution in [1.82, 2.24) is 9.99 Å². The van der Waals surface area contributed by atoms with E-state index >= 15 is 0 Å². The van der Waals surface area contributed by atoms with Gasteiger partial charge in [-0.25, -0.2) is 5.43 Å². The quantitative estimate of drug-likeness (QED) is 0.551. The summed E-state index contributed by atoms with van der Waals surface area (Å²) >= 11 is 0. The summed E-state index contributed by atoms with van der Waals surface area (Å²) in [6.07, 6.45) is 3.97. The highest BCUT2D eigenvalue weighted by atomic mass is 16.5. The molecule has 7 nitrogen and oxygen atoms in total. The van der Waals surface area contributed by atoms with Crippen LogP contribution in [0.3, 0.4) is 0 Å². The molecule has 0 aliphatic heterocycles. The van der Waals surface area contributed by atoms with E-state index in [2.05, 4.69) is 10.5 Å². The average Bonchev–Trinajstić information content (AvgIpc) is 2.63. The Balaban J connectivity index is 1.98. The fraction of sp³-hybridized carbons (Fsp3) is 0.316. The molecule has 0 saturated heterocycles. The maximum atomic E-state index is 11.9. The lowest BCUT2D eigenvalue weighted by Crippen LogP contribution is -2.28. The van der Waals surface area contributed by atoms with Gasteiger partial charge in [0.15, 0.2) is 11.5 Å². The molecule has 0 bridgehead atoms. The number of amides is 1. The molecule has 1 aromatic carbocycles. The van der Waals surface area contributed by atoms with Gasteiger partial charge in [0.05, 0.1) is 19.4 Å². The number of nitrogens with zero attached hydrogens (tertiary/aromatic N) is 2. The molecule has 1 N–H and O–H groups in total. The second kappa shape index (κ2) is 10.0. The first-order valence-corrected chi connectivity index (χ1v) is 8.51. The van der Waals surface area contributed by atoms with Crippen molar-refractivity contribution in [1.29, 1.82) is 0 Å². The van der Waals surface area contributed by atoms with Gasteiger partial charge in [-0.15, -0.1) is 0 Å². The van der Waals surface area contributed by atoms with Crippen LogP contribution in [0.2, 0.25) is 0 Å². The average molecular weight is 357 g/mol. The summed E-state index contributed by atoms with van der Waals surface area (Å²) in [6.45, 7) is 4.97. The lowest BCUT2D eigenvalue weighted by Gasteiger charge is -2.11. The van der Waals surface area contributed by atoms with E-state index in [1.807, 2.05) is 26.0 Å². The number of hydrogen-bond donors (Lipinski definition) is 1. The minimum atomic E-state index is -0.387. The van der Waals surface area contributed by atoms with Gasteiger partial charge in [-0.05, 0) is 43.2 Å². The molecule has 0 radical (unpaired) electrons. The predicted molar refractivity (Wildman–Crippen MR) is 99.8 cm³/mol. The third-order valence-corrected chi connectivity index (χ3v) is 3.35. The fourth-order valence-electron chi connectivity index (χ4n) is 2.16. The second-order valence-corrected chi connectivity index (χ2v) is 5.45. The van der Waals surface area contributed by atoms with E-state index in [4.69, 9.17) is 9.47 Å². The molecule has 2 rings (SSSR count). The Hall–Kier alpha value is -3.09. The third kappa shape index (κ3) is 5.77. The lowest BCUT2D eigenvalue weighted by molar-refractivity contribution is -0.121. The first-order chi connectivity index (χ1) is 12.6. The van der Waals surface area contributed by atoms with Gasteiger partial charge in [-0.1, -0.05) is 13.0 Å². The molecule has 7 heteroatoms. The normalized spacial score (nSPS) is 10.7. The van der Waals surface area contributed by atoms with Crippen LogP contribution in [0.15, 0.2) is 52.5 Å².